The minimum Gasteiger partial charge on any atom is -0.348 e. The highest BCUT2D eigenvalue weighted by Crippen LogP contribution is 2.27. The van der Waals surface area contributed by atoms with Crippen molar-refractivity contribution in [3.05, 3.63) is 10.6 Å². The maximum absolute atomic E-state index is 4.81. The molecule has 0 aliphatic carbocycles. The first-order valence-corrected chi connectivity index (χ1v) is 8.02. The molecule has 4 heteroatoms. The summed E-state index contributed by atoms with van der Waals surface area (Å²) in [6, 6.07) is 0. The second-order valence-corrected chi connectivity index (χ2v) is 5.50. The summed E-state index contributed by atoms with van der Waals surface area (Å²) in [5, 5.41) is 4.61. The molecular weight excluding hydrogens is 242 g/mol. The Balaban J connectivity index is 2.77. The molecule has 18 heavy (non-hydrogen) atoms. The zero-order chi connectivity index (χ0) is 13.4. The van der Waals surface area contributed by atoms with Gasteiger partial charge in [0.25, 0.3) is 0 Å². The molecule has 1 rings (SSSR count). The van der Waals surface area contributed by atoms with Crippen molar-refractivity contribution in [2.45, 2.75) is 53.5 Å². The standard InChI is InChI=1S/C14H27N3S/c1-5-9-10-17(8-4)14-16-12(6-2)13(18-14)11-15-7-3/h15H,5-11H2,1-4H3. The maximum Gasteiger partial charge on any atom is 0.185 e. The molecule has 0 saturated carbocycles. The Hall–Kier alpha value is -0.610. The van der Waals surface area contributed by atoms with Crippen LogP contribution in [-0.4, -0.2) is 24.6 Å². The van der Waals surface area contributed by atoms with Crippen molar-refractivity contribution >= 4 is 16.5 Å². The summed E-state index contributed by atoms with van der Waals surface area (Å²) in [6.45, 7) is 13.0. The number of hydrogen-bond acceptors (Lipinski definition) is 4. The van der Waals surface area contributed by atoms with Crippen molar-refractivity contribution < 1.29 is 0 Å². The Morgan fingerprint density at radius 2 is 2.00 bits per heavy atom. The lowest BCUT2D eigenvalue weighted by Crippen LogP contribution is -2.23. The molecule has 104 valence electrons. The van der Waals surface area contributed by atoms with E-state index in [1.807, 2.05) is 11.3 Å². The highest BCUT2D eigenvalue weighted by atomic mass is 32.1. The highest BCUT2D eigenvalue weighted by Gasteiger charge is 2.13. The maximum atomic E-state index is 4.81. The molecule has 1 aromatic heterocycles. The molecule has 0 spiro atoms. The van der Waals surface area contributed by atoms with Crippen molar-refractivity contribution in [1.82, 2.24) is 10.3 Å². The zero-order valence-electron chi connectivity index (χ0n) is 12.3. The minimum absolute atomic E-state index is 0.961. The van der Waals surface area contributed by atoms with Gasteiger partial charge >= 0.3 is 0 Å². The van der Waals surface area contributed by atoms with E-state index in [9.17, 15) is 0 Å². The van der Waals surface area contributed by atoms with Gasteiger partial charge in [-0.15, -0.1) is 11.3 Å². The third-order valence-electron chi connectivity index (χ3n) is 3.07. The summed E-state index contributed by atoms with van der Waals surface area (Å²) >= 11 is 1.86. The normalized spacial score (nSPS) is 10.9. The van der Waals surface area contributed by atoms with E-state index in [0.717, 1.165) is 32.6 Å². The number of aromatic nitrogens is 1. The quantitative estimate of drug-likeness (QED) is 0.744. The first-order chi connectivity index (χ1) is 8.76. The molecule has 0 aliphatic heterocycles. The second-order valence-electron chi connectivity index (χ2n) is 4.43. The summed E-state index contributed by atoms with van der Waals surface area (Å²) in [6.07, 6.45) is 3.52. The van der Waals surface area contributed by atoms with E-state index >= 15 is 0 Å². The summed E-state index contributed by atoms with van der Waals surface area (Å²) in [5.41, 5.74) is 1.27. The van der Waals surface area contributed by atoms with Crippen LogP contribution in [0.2, 0.25) is 0 Å². The van der Waals surface area contributed by atoms with Crippen molar-refractivity contribution in [2.75, 3.05) is 24.5 Å². The number of nitrogens with one attached hydrogen (secondary N) is 1. The Kier molecular flexibility index (Phi) is 7.28. The number of aryl methyl sites for hydroxylation is 1. The number of nitrogens with zero attached hydrogens (tertiary/aromatic N) is 2. The third-order valence-corrected chi connectivity index (χ3v) is 4.23. The topological polar surface area (TPSA) is 28.2 Å². The van der Waals surface area contributed by atoms with Gasteiger partial charge in [-0.05, 0) is 26.3 Å². The molecule has 0 atom stereocenters. The molecule has 0 aromatic carbocycles. The molecule has 0 amide bonds. The predicted molar refractivity (Wildman–Crippen MR) is 81.7 cm³/mol. The SMILES string of the molecule is CCCCN(CC)c1nc(CC)c(CNCC)s1. The molecule has 1 N–H and O–H groups in total. The van der Waals surface area contributed by atoms with Crippen LogP contribution in [-0.2, 0) is 13.0 Å². The number of hydrogen-bond donors (Lipinski definition) is 1. The van der Waals surface area contributed by atoms with Crippen LogP contribution in [0.1, 0.15) is 51.1 Å². The van der Waals surface area contributed by atoms with Crippen LogP contribution in [0.5, 0.6) is 0 Å². The molecule has 1 heterocycles. The van der Waals surface area contributed by atoms with Crippen LogP contribution >= 0.6 is 11.3 Å². The van der Waals surface area contributed by atoms with Crippen LogP contribution in [0.25, 0.3) is 0 Å². The number of unbranched alkanes of at least 4 members (excludes halogenated alkanes) is 1. The largest absolute Gasteiger partial charge is 0.348 e. The Morgan fingerprint density at radius 3 is 2.56 bits per heavy atom. The van der Waals surface area contributed by atoms with Crippen LogP contribution in [0.3, 0.4) is 0 Å². The lowest BCUT2D eigenvalue weighted by atomic mass is 10.3. The Morgan fingerprint density at radius 1 is 1.22 bits per heavy atom. The molecular formula is C14H27N3S. The minimum atomic E-state index is 0.961. The van der Waals surface area contributed by atoms with E-state index in [-0.39, 0.29) is 0 Å². The molecule has 3 nitrogen and oxygen atoms in total. The van der Waals surface area contributed by atoms with Crippen molar-refractivity contribution in [3.8, 4) is 0 Å². The van der Waals surface area contributed by atoms with Gasteiger partial charge in [-0.2, -0.15) is 0 Å². The summed E-state index contributed by atoms with van der Waals surface area (Å²) < 4.78 is 0. The highest BCUT2D eigenvalue weighted by molar-refractivity contribution is 7.15. The van der Waals surface area contributed by atoms with Crippen LogP contribution in [0.15, 0.2) is 0 Å². The van der Waals surface area contributed by atoms with E-state index < -0.39 is 0 Å². The van der Waals surface area contributed by atoms with Gasteiger partial charge in [0.15, 0.2) is 5.13 Å². The van der Waals surface area contributed by atoms with E-state index in [1.165, 1.54) is 28.5 Å². The third kappa shape index (κ3) is 4.25. The number of anilines is 1. The summed E-state index contributed by atoms with van der Waals surface area (Å²) in [7, 11) is 0. The lowest BCUT2D eigenvalue weighted by molar-refractivity contribution is 0.723. The van der Waals surface area contributed by atoms with E-state index in [0.29, 0.717) is 0 Å². The first kappa shape index (κ1) is 15.4. The van der Waals surface area contributed by atoms with Crippen LogP contribution in [0.4, 0.5) is 5.13 Å². The summed E-state index contributed by atoms with van der Waals surface area (Å²) in [4.78, 5) is 8.62. The van der Waals surface area contributed by atoms with Crippen LogP contribution in [0, 0.1) is 0 Å². The van der Waals surface area contributed by atoms with Gasteiger partial charge in [-0.3, -0.25) is 0 Å². The van der Waals surface area contributed by atoms with Crippen molar-refractivity contribution in [2.24, 2.45) is 0 Å². The van der Waals surface area contributed by atoms with Gasteiger partial charge < -0.3 is 10.2 Å². The lowest BCUT2D eigenvalue weighted by Gasteiger charge is -2.19. The predicted octanol–water partition coefficient (Wildman–Crippen LogP) is 3.44. The van der Waals surface area contributed by atoms with E-state index in [4.69, 9.17) is 4.98 Å². The van der Waals surface area contributed by atoms with E-state index in [2.05, 4.69) is 37.9 Å². The first-order valence-electron chi connectivity index (χ1n) is 7.20. The number of rotatable bonds is 9. The molecule has 0 radical (unpaired) electrons. The second kappa shape index (κ2) is 8.48. The Bertz CT molecular complexity index is 336. The fourth-order valence-corrected chi connectivity index (χ4v) is 3.10. The smallest absolute Gasteiger partial charge is 0.185 e. The Labute approximate surface area is 116 Å². The van der Waals surface area contributed by atoms with Gasteiger partial charge in [0.2, 0.25) is 0 Å². The van der Waals surface area contributed by atoms with Crippen molar-refractivity contribution in [3.63, 3.8) is 0 Å². The molecule has 0 fully saturated rings. The van der Waals surface area contributed by atoms with Gasteiger partial charge in [0, 0.05) is 24.5 Å². The zero-order valence-corrected chi connectivity index (χ0v) is 13.1. The molecule has 1 aromatic rings. The summed E-state index contributed by atoms with van der Waals surface area (Å²) in [5.74, 6) is 0. The van der Waals surface area contributed by atoms with Gasteiger partial charge in [-0.25, -0.2) is 4.98 Å². The molecule has 0 saturated heterocycles. The van der Waals surface area contributed by atoms with Gasteiger partial charge in [-0.1, -0.05) is 27.2 Å². The molecule has 0 bridgehead atoms. The molecule has 0 aliphatic rings. The fraction of sp³-hybridized carbons (Fsp3) is 0.786. The average molecular weight is 269 g/mol. The fourth-order valence-electron chi connectivity index (χ4n) is 1.90. The molecule has 0 unspecified atom stereocenters. The average Bonchev–Trinajstić information content (AvgIpc) is 2.80. The number of thiazole rings is 1. The van der Waals surface area contributed by atoms with Crippen LogP contribution < -0.4 is 10.2 Å². The van der Waals surface area contributed by atoms with Gasteiger partial charge in [0.1, 0.15) is 0 Å². The van der Waals surface area contributed by atoms with E-state index in [1.54, 1.807) is 0 Å². The van der Waals surface area contributed by atoms with Crippen molar-refractivity contribution in [1.29, 1.82) is 0 Å². The monoisotopic (exact) mass is 269 g/mol. The van der Waals surface area contributed by atoms with Gasteiger partial charge in [0.05, 0.1) is 5.69 Å².